The third-order valence-corrected chi connectivity index (χ3v) is 5.43. The van der Waals surface area contributed by atoms with Crippen molar-refractivity contribution in [3.63, 3.8) is 0 Å². The second kappa shape index (κ2) is 10.6. The van der Waals surface area contributed by atoms with E-state index in [0.717, 1.165) is 44.1 Å². The number of aliphatic imine (C=N–C) groups is 1. The number of pyridine rings is 1. The van der Waals surface area contributed by atoms with Gasteiger partial charge in [-0.15, -0.1) is 24.0 Å². The lowest BCUT2D eigenvalue weighted by atomic mass is 9.96. The molecule has 0 atom stereocenters. The van der Waals surface area contributed by atoms with Crippen LogP contribution in [0.3, 0.4) is 0 Å². The molecule has 152 valence electrons. The van der Waals surface area contributed by atoms with Gasteiger partial charge in [0.15, 0.2) is 5.96 Å². The molecular formula is C22H31IN4O. The van der Waals surface area contributed by atoms with E-state index in [-0.39, 0.29) is 35.0 Å². The van der Waals surface area contributed by atoms with Crippen molar-refractivity contribution in [2.75, 3.05) is 20.1 Å². The van der Waals surface area contributed by atoms with E-state index in [1.54, 1.807) is 6.07 Å². The molecule has 3 rings (SSSR count). The third kappa shape index (κ3) is 5.83. The number of aromatic nitrogens is 1. The first-order valence-corrected chi connectivity index (χ1v) is 9.81. The highest BCUT2D eigenvalue weighted by Crippen LogP contribution is 2.47. The SMILES string of the molecule is CN=C(NCCCCn1c(C)cccc1=O)NCC1(c2ccccc2)CC1.I. The first-order chi connectivity index (χ1) is 13.1. The maximum Gasteiger partial charge on any atom is 0.250 e. The summed E-state index contributed by atoms with van der Waals surface area (Å²) in [5.41, 5.74) is 2.78. The predicted molar refractivity (Wildman–Crippen MR) is 127 cm³/mol. The van der Waals surface area contributed by atoms with Crippen molar-refractivity contribution in [3.05, 3.63) is 70.1 Å². The second-order valence-corrected chi connectivity index (χ2v) is 7.36. The number of nitrogens with one attached hydrogen (secondary N) is 2. The van der Waals surface area contributed by atoms with E-state index >= 15 is 0 Å². The molecule has 2 N–H and O–H groups in total. The van der Waals surface area contributed by atoms with Crippen molar-refractivity contribution < 1.29 is 0 Å². The molecule has 0 amide bonds. The Hall–Kier alpha value is -1.83. The quantitative estimate of drug-likeness (QED) is 0.256. The molecular weight excluding hydrogens is 463 g/mol. The molecule has 1 aromatic heterocycles. The van der Waals surface area contributed by atoms with Crippen LogP contribution < -0.4 is 16.2 Å². The Balaban J connectivity index is 0.00000280. The van der Waals surface area contributed by atoms with Crippen LogP contribution in [0.5, 0.6) is 0 Å². The first-order valence-electron chi connectivity index (χ1n) is 9.81. The molecule has 5 nitrogen and oxygen atoms in total. The smallest absolute Gasteiger partial charge is 0.250 e. The number of unbranched alkanes of at least 4 members (excludes halogenated alkanes) is 1. The minimum atomic E-state index is 0. The summed E-state index contributed by atoms with van der Waals surface area (Å²) in [6, 6.07) is 16.1. The maximum absolute atomic E-state index is 11.9. The van der Waals surface area contributed by atoms with Crippen molar-refractivity contribution in [3.8, 4) is 0 Å². The number of benzene rings is 1. The molecule has 1 aliphatic carbocycles. The van der Waals surface area contributed by atoms with Crippen LogP contribution in [0.1, 0.15) is 36.9 Å². The molecule has 2 aromatic rings. The van der Waals surface area contributed by atoms with E-state index < -0.39 is 0 Å². The molecule has 6 heteroatoms. The molecule has 1 heterocycles. The molecule has 1 saturated carbocycles. The Morgan fingerprint density at radius 1 is 1.07 bits per heavy atom. The highest BCUT2D eigenvalue weighted by atomic mass is 127. The molecule has 28 heavy (non-hydrogen) atoms. The summed E-state index contributed by atoms with van der Waals surface area (Å²) in [5.74, 6) is 0.852. The van der Waals surface area contributed by atoms with Gasteiger partial charge >= 0.3 is 0 Å². The van der Waals surface area contributed by atoms with E-state index in [9.17, 15) is 4.79 Å². The zero-order chi connectivity index (χ0) is 19.1. The molecule has 0 spiro atoms. The monoisotopic (exact) mass is 494 g/mol. The molecule has 0 radical (unpaired) electrons. The van der Waals surface area contributed by atoms with Crippen LogP contribution in [0.15, 0.2) is 58.3 Å². The van der Waals surface area contributed by atoms with Gasteiger partial charge in [-0.3, -0.25) is 9.79 Å². The topological polar surface area (TPSA) is 58.4 Å². The molecule has 1 fully saturated rings. The second-order valence-electron chi connectivity index (χ2n) is 7.36. The summed E-state index contributed by atoms with van der Waals surface area (Å²) in [4.78, 5) is 16.2. The summed E-state index contributed by atoms with van der Waals surface area (Å²) in [6.07, 6.45) is 4.41. The summed E-state index contributed by atoms with van der Waals surface area (Å²) in [6.45, 7) is 4.50. The van der Waals surface area contributed by atoms with Crippen LogP contribution in [0.25, 0.3) is 0 Å². The molecule has 1 aromatic carbocycles. The number of halogens is 1. The van der Waals surface area contributed by atoms with Crippen molar-refractivity contribution in [2.45, 2.75) is 44.6 Å². The van der Waals surface area contributed by atoms with Gasteiger partial charge in [0.2, 0.25) is 0 Å². The van der Waals surface area contributed by atoms with Crippen LogP contribution in [0, 0.1) is 6.92 Å². The van der Waals surface area contributed by atoms with Crippen molar-refractivity contribution in [2.24, 2.45) is 4.99 Å². The Bertz CT molecular complexity index is 828. The largest absolute Gasteiger partial charge is 0.356 e. The fraction of sp³-hybridized carbons (Fsp3) is 0.455. The number of rotatable bonds is 8. The predicted octanol–water partition coefficient (Wildman–Crippen LogP) is 3.45. The van der Waals surface area contributed by atoms with Crippen LogP contribution in [0.4, 0.5) is 0 Å². The van der Waals surface area contributed by atoms with E-state index in [2.05, 4.69) is 46.0 Å². The van der Waals surface area contributed by atoms with Crippen molar-refractivity contribution in [1.82, 2.24) is 15.2 Å². The fourth-order valence-corrected chi connectivity index (χ4v) is 3.50. The average Bonchev–Trinajstić information content (AvgIpc) is 3.48. The Kier molecular flexibility index (Phi) is 8.54. The van der Waals surface area contributed by atoms with Gasteiger partial charge in [0.25, 0.3) is 5.56 Å². The number of guanidine groups is 1. The van der Waals surface area contributed by atoms with Gasteiger partial charge in [-0.25, -0.2) is 0 Å². The summed E-state index contributed by atoms with van der Waals surface area (Å²) >= 11 is 0. The van der Waals surface area contributed by atoms with Gasteiger partial charge in [0.05, 0.1) is 0 Å². The number of hydrogen-bond acceptors (Lipinski definition) is 2. The number of aryl methyl sites for hydroxylation is 1. The lowest BCUT2D eigenvalue weighted by Gasteiger charge is -2.19. The average molecular weight is 494 g/mol. The third-order valence-electron chi connectivity index (χ3n) is 5.43. The lowest BCUT2D eigenvalue weighted by Crippen LogP contribution is -2.41. The summed E-state index contributed by atoms with van der Waals surface area (Å²) in [7, 11) is 1.81. The number of hydrogen-bond donors (Lipinski definition) is 2. The van der Waals surface area contributed by atoms with E-state index in [0.29, 0.717) is 0 Å². The lowest BCUT2D eigenvalue weighted by molar-refractivity contribution is 0.572. The maximum atomic E-state index is 11.9. The van der Waals surface area contributed by atoms with Gasteiger partial charge in [-0.05, 0) is 44.2 Å². The van der Waals surface area contributed by atoms with E-state index in [1.165, 1.54) is 18.4 Å². The van der Waals surface area contributed by atoms with Crippen LogP contribution >= 0.6 is 24.0 Å². The van der Waals surface area contributed by atoms with E-state index in [4.69, 9.17) is 0 Å². The summed E-state index contributed by atoms with van der Waals surface area (Å²) < 4.78 is 1.84. The highest BCUT2D eigenvalue weighted by molar-refractivity contribution is 14.0. The van der Waals surface area contributed by atoms with Gasteiger partial charge in [0.1, 0.15) is 0 Å². The molecule has 0 saturated heterocycles. The molecule has 0 unspecified atom stereocenters. The van der Waals surface area contributed by atoms with Gasteiger partial charge in [0, 0.05) is 43.9 Å². The zero-order valence-electron chi connectivity index (χ0n) is 16.8. The normalized spacial score (nSPS) is 14.9. The minimum absolute atomic E-state index is 0. The van der Waals surface area contributed by atoms with Crippen molar-refractivity contribution in [1.29, 1.82) is 0 Å². The zero-order valence-corrected chi connectivity index (χ0v) is 19.1. The van der Waals surface area contributed by atoms with Gasteiger partial charge in [-0.1, -0.05) is 36.4 Å². The minimum Gasteiger partial charge on any atom is -0.356 e. The first kappa shape index (κ1) is 22.5. The Morgan fingerprint density at radius 3 is 2.46 bits per heavy atom. The standard InChI is InChI=1S/C22H30N4O.HI/c1-18-9-8-12-20(27)26(18)16-7-6-15-24-21(23-2)25-17-22(13-14-22)19-10-4-3-5-11-19;/h3-5,8-12H,6-7,13-17H2,1-2H3,(H2,23,24,25);1H. The van der Waals surface area contributed by atoms with Gasteiger partial charge < -0.3 is 15.2 Å². The molecule has 0 aliphatic heterocycles. The van der Waals surface area contributed by atoms with E-state index in [1.807, 2.05) is 30.7 Å². The van der Waals surface area contributed by atoms with Crippen LogP contribution in [0.2, 0.25) is 0 Å². The fourth-order valence-electron chi connectivity index (χ4n) is 3.50. The van der Waals surface area contributed by atoms with Crippen LogP contribution in [-0.2, 0) is 12.0 Å². The van der Waals surface area contributed by atoms with Crippen LogP contribution in [-0.4, -0.2) is 30.7 Å². The Labute approximate surface area is 184 Å². The Morgan fingerprint density at radius 2 is 1.82 bits per heavy atom. The number of nitrogens with zero attached hydrogens (tertiary/aromatic N) is 2. The summed E-state index contributed by atoms with van der Waals surface area (Å²) in [5, 5.41) is 6.87. The highest BCUT2D eigenvalue weighted by Gasteiger charge is 2.43. The van der Waals surface area contributed by atoms with Crippen molar-refractivity contribution >= 4 is 29.9 Å². The molecule has 1 aliphatic rings. The van der Waals surface area contributed by atoms with Gasteiger partial charge in [-0.2, -0.15) is 0 Å². The molecule has 0 bridgehead atoms.